The molecule has 0 radical (unpaired) electrons. The zero-order valence-corrected chi connectivity index (χ0v) is 7.00. The molecule has 1 aliphatic rings. The van der Waals surface area contributed by atoms with Crippen molar-refractivity contribution >= 4 is 11.8 Å². The first-order chi connectivity index (χ1) is 4.36. The highest BCUT2D eigenvalue weighted by atomic mass is 32.2. The Hall–Kier alpha value is 0.310. The van der Waals surface area contributed by atoms with Crippen LogP contribution in [-0.2, 0) is 0 Å². The molecule has 0 aliphatic heterocycles. The molecule has 1 nitrogen and oxygen atoms in total. The summed E-state index contributed by atoms with van der Waals surface area (Å²) in [6, 6.07) is 0.808. The van der Waals surface area contributed by atoms with E-state index in [0.29, 0.717) is 0 Å². The number of thioether (sulfide) groups is 1. The summed E-state index contributed by atoms with van der Waals surface area (Å²) in [5.41, 5.74) is 0. The van der Waals surface area contributed by atoms with Gasteiger partial charge >= 0.3 is 0 Å². The van der Waals surface area contributed by atoms with Crippen molar-refractivity contribution in [2.45, 2.75) is 30.6 Å². The third-order valence-electron chi connectivity index (χ3n) is 2.13. The van der Waals surface area contributed by atoms with E-state index in [9.17, 15) is 0 Å². The fourth-order valence-corrected chi connectivity index (χ4v) is 2.21. The van der Waals surface area contributed by atoms with Crippen molar-refractivity contribution in [1.82, 2.24) is 5.32 Å². The molecule has 54 valence electrons. The van der Waals surface area contributed by atoms with E-state index in [-0.39, 0.29) is 0 Å². The molecule has 0 aromatic carbocycles. The van der Waals surface area contributed by atoms with Gasteiger partial charge in [0.2, 0.25) is 0 Å². The van der Waals surface area contributed by atoms with Crippen LogP contribution in [0.5, 0.6) is 0 Å². The first kappa shape index (κ1) is 7.42. The average molecular weight is 145 g/mol. The van der Waals surface area contributed by atoms with Crippen molar-refractivity contribution in [2.24, 2.45) is 0 Å². The van der Waals surface area contributed by atoms with Crippen LogP contribution in [0.25, 0.3) is 0 Å². The first-order valence-corrected chi connectivity index (χ1v) is 4.85. The first-order valence-electron chi connectivity index (χ1n) is 3.57. The molecule has 1 fully saturated rings. The summed E-state index contributed by atoms with van der Waals surface area (Å²) in [5, 5.41) is 4.25. The minimum atomic E-state index is 0.808. The Kier molecular flexibility index (Phi) is 2.86. The highest BCUT2D eigenvalue weighted by Gasteiger charge is 2.21. The molecule has 0 saturated heterocycles. The maximum absolute atomic E-state index is 3.31. The summed E-state index contributed by atoms with van der Waals surface area (Å²) in [6.45, 7) is 0. The van der Waals surface area contributed by atoms with E-state index in [4.69, 9.17) is 0 Å². The number of hydrogen-bond donors (Lipinski definition) is 1. The van der Waals surface area contributed by atoms with E-state index < -0.39 is 0 Å². The average Bonchev–Trinajstić information content (AvgIpc) is 2.34. The molecule has 1 N–H and O–H groups in total. The minimum absolute atomic E-state index is 0.808. The molecule has 0 heterocycles. The Morgan fingerprint density at radius 2 is 2.22 bits per heavy atom. The lowest BCUT2D eigenvalue weighted by Crippen LogP contribution is -2.21. The number of hydrogen-bond acceptors (Lipinski definition) is 2. The summed E-state index contributed by atoms with van der Waals surface area (Å²) in [6.07, 6.45) is 6.37. The SMILES string of the molecule is CNC1CCC(SC)C1. The Balaban J connectivity index is 2.20. The fraction of sp³-hybridized carbons (Fsp3) is 1.00. The smallest absolute Gasteiger partial charge is 0.00749 e. The second-order valence-corrected chi connectivity index (χ2v) is 3.79. The van der Waals surface area contributed by atoms with Crippen molar-refractivity contribution < 1.29 is 0 Å². The topological polar surface area (TPSA) is 12.0 Å². The van der Waals surface area contributed by atoms with Crippen LogP contribution in [0, 0.1) is 0 Å². The van der Waals surface area contributed by atoms with E-state index in [2.05, 4.69) is 18.6 Å². The van der Waals surface area contributed by atoms with E-state index in [1.54, 1.807) is 0 Å². The lowest BCUT2D eigenvalue weighted by atomic mass is 10.3. The molecule has 2 unspecified atom stereocenters. The highest BCUT2D eigenvalue weighted by Crippen LogP contribution is 2.27. The maximum Gasteiger partial charge on any atom is 0.00749 e. The van der Waals surface area contributed by atoms with Crippen LogP contribution >= 0.6 is 11.8 Å². The summed E-state index contributed by atoms with van der Waals surface area (Å²) in [5.74, 6) is 0. The standard InChI is InChI=1S/C7H15NS/c1-8-6-3-4-7(5-6)9-2/h6-8H,3-5H2,1-2H3. The van der Waals surface area contributed by atoms with Crippen molar-refractivity contribution in [1.29, 1.82) is 0 Å². The van der Waals surface area contributed by atoms with Gasteiger partial charge in [0.15, 0.2) is 0 Å². The van der Waals surface area contributed by atoms with Gasteiger partial charge in [0.05, 0.1) is 0 Å². The van der Waals surface area contributed by atoms with Gasteiger partial charge < -0.3 is 5.32 Å². The molecule has 0 bridgehead atoms. The lowest BCUT2D eigenvalue weighted by Gasteiger charge is -2.06. The van der Waals surface area contributed by atoms with Crippen LogP contribution in [0.2, 0.25) is 0 Å². The van der Waals surface area contributed by atoms with Crippen LogP contribution in [0.1, 0.15) is 19.3 Å². The molecule has 2 atom stereocenters. The fourth-order valence-electron chi connectivity index (χ4n) is 1.42. The third-order valence-corrected chi connectivity index (χ3v) is 3.22. The van der Waals surface area contributed by atoms with Gasteiger partial charge in [0.25, 0.3) is 0 Å². The van der Waals surface area contributed by atoms with Crippen LogP contribution in [0.3, 0.4) is 0 Å². The third kappa shape index (κ3) is 1.87. The van der Waals surface area contributed by atoms with Crippen molar-refractivity contribution in [3.05, 3.63) is 0 Å². The Morgan fingerprint density at radius 1 is 1.44 bits per heavy atom. The van der Waals surface area contributed by atoms with E-state index in [0.717, 1.165) is 11.3 Å². The summed E-state index contributed by atoms with van der Waals surface area (Å²) in [7, 11) is 2.06. The van der Waals surface area contributed by atoms with Gasteiger partial charge in [0, 0.05) is 11.3 Å². The second-order valence-electron chi connectivity index (χ2n) is 2.66. The van der Waals surface area contributed by atoms with Crippen LogP contribution in [0.4, 0.5) is 0 Å². The molecule has 1 saturated carbocycles. The monoisotopic (exact) mass is 145 g/mol. The van der Waals surface area contributed by atoms with Gasteiger partial charge in [-0.15, -0.1) is 0 Å². The maximum atomic E-state index is 3.31. The van der Waals surface area contributed by atoms with Gasteiger partial charge in [-0.25, -0.2) is 0 Å². The molecule has 9 heavy (non-hydrogen) atoms. The van der Waals surface area contributed by atoms with Crippen LogP contribution in [-0.4, -0.2) is 24.6 Å². The molecular formula is C7H15NS. The molecule has 0 amide bonds. The van der Waals surface area contributed by atoms with Gasteiger partial charge in [-0.05, 0) is 32.6 Å². The van der Waals surface area contributed by atoms with E-state index in [1.165, 1.54) is 19.3 Å². The number of rotatable bonds is 2. The normalized spacial score (nSPS) is 35.3. The lowest BCUT2D eigenvalue weighted by molar-refractivity contribution is 0.583. The summed E-state index contributed by atoms with van der Waals surface area (Å²) in [4.78, 5) is 0. The van der Waals surface area contributed by atoms with Crippen LogP contribution in [0.15, 0.2) is 0 Å². The predicted octanol–water partition coefficient (Wildman–Crippen LogP) is 1.49. The number of nitrogens with one attached hydrogen (secondary N) is 1. The zero-order valence-electron chi connectivity index (χ0n) is 6.18. The van der Waals surface area contributed by atoms with E-state index in [1.807, 2.05) is 11.8 Å². The largest absolute Gasteiger partial charge is 0.317 e. The van der Waals surface area contributed by atoms with Gasteiger partial charge in [-0.2, -0.15) is 11.8 Å². The Labute approximate surface area is 61.6 Å². The molecule has 1 rings (SSSR count). The van der Waals surface area contributed by atoms with Gasteiger partial charge in [0.1, 0.15) is 0 Å². The minimum Gasteiger partial charge on any atom is -0.317 e. The molecule has 1 aliphatic carbocycles. The quantitative estimate of drug-likeness (QED) is 0.632. The Morgan fingerprint density at radius 3 is 2.56 bits per heavy atom. The zero-order chi connectivity index (χ0) is 6.69. The molecule has 0 aromatic heterocycles. The molecule has 2 heteroatoms. The van der Waals surface area contributed by atoms with Gasteiger partial charge in [-0.3, -0.25) is 0 Å². The van der Waals surface area contributed by atoms with Gasteiger partial charge in [-0.1, -0.05) is 0 Å². The molecular weight excluding hydrogens is 130 g/mol. The molecule has 0 spiro atoms. The molecule has 0 aromatic rings. The van der Waals surface area contributed by atoms with E-state index >= 15 is 0 Å². The van der Waals surface area contributed by atoms with Crippen molar-refractivity contribution in [3.63, 3.8) is 0 Å². The second kappa shape index (κ2) is 3.47. The van der Waals surface area contributed by atoms with Crippen LogP contribution < -0.4 is 5.32 Å². The summed E-state index contributed by atoms with van der Waals surface area (Å²) < 4.78 is 0. The highest BCUT2D eigenvalue weighted by molar-refractivity contribution is 7.99. The predicted molar refractivity (Wildman–Crippen MR) is 44.0 cm³/mol. The van der Waals surface area contributed by atoms with Crippen molar-refractivity contribution in [3.8, 4) is 0 Å². The Bertz CT molecular complexity index is 75.0. The summed E-state index contributed by atoms with van der Waals surface area (Å²) >= 11 is 2.01. The van der Waals surface area contributed by atoms with Crippen molar-refractivity contribution in [2.75, 3.05) is 13.3 Å².